The smallest absolute Gasteiger partial charge is 0.261 e. The highest BCUT2D eigenvalue weighted by Crippen LogP contribution is 2.25. The lowest BCUT2D eigenvalue weighted by molar-refractivity contribution is -0.127. The number of hydrogen-bond donors (Lipinski definition) is 1. The summed E-state index contributed by atoms with van der Waals surface area (Å²) in [6.45, 7) is 12.4. The average Bonchev–Trinajstić information content (AvgIpc) is 2.67. The number of ether oxygens (including phenoxy) is 1. The number of rotatable bonds is 6. The van der Waals surface area contributed by atoms with Gasteiger partial charge in [0.15, 0.2) is 6.10 Å². The highest BCUT2D eigenvalue weighted by atomic mass is 16.5. The van der Waals surface area contributed by atoms with E-state index in [2.05, 4.69) is 47.5 Å². The first-order valence-electron chi connectivity index (χ1n) is 10.7. The van der Waals surface area contributed by atoms with E-state index in [-0.39, 0.29) is 11.9 Å². The summed E-state index contributed by atoms with van der Waals surface area (Å²) in [6, 6.07) is 14.5. The summed E-state index contributed by atoms with van der Waals surface area (Å²) < 4.78 is 5.86. The Bertz CT molecular complexity index is 811. The predicted molar refractivity (Wildman–Crippen MR) is 120 cm³/mol. The lowest BCUT2D eigenvalue weighted by Crippen LogP contribution is -2.37. The van der Waals surface area contributed by atoms with Gasteiger partial charge in [-0.25, -0.2) is 0 Å². The van der Waals surface area contributed by atoms with Gasteiger partial charge in [-0.2, -0.15) is 0 Å². The molecule has 2 aromatic rings. The fourth-order valence-corrected chi connectivity index (χ4v) is 4.07. The van der Waals surface area contributed by atoms with Gasteiger partial charge in [0.05, 0.1) is 6.04 Å². The molecule has 1 heterocycles. The van der Waals surface area contributed by atoms with E-state index in [9.17, 15) is 4.79 Å². The van der Waals surface area contributed by atoms with Gasteiger partial charge in [-0.1, -0.05) is 25.1 Å². The van der Waals surface area contributed by atoms with Gasteiger partial charge in [0.1, 0.15) is 5.75 Å². The van der Waals surface area contributed by atoms with E-state index in [1.807, 2.05) is 32.9 Å². The Hall–Kier alpha value is -2.49. The molecule has 1 aliphatic heterocycles. The van der Waals surface area contributed by atoms with Gasteiger partial charge in [-0.3, -0.25) is 4.79 Å². The van der Waals surface area contributed by atoms with Crippen molar-refractivity contribution in [3.63, 3.8) is 0 Å². The molecule has 1 aliphatic rings. The molecule has 29 heavy (non-hydrogen) atoms. The average molecular weight is 395 g/mol. The molecule has 4 nitrogen and oxygen atoms in total. The maximum Gasteiger partial charge on any atom is 0.261 e. The van der Waals surface area contributed by atoms with Gasteiger partial charge in [-0.15, -0.1) is 0 Å². The number of nitrogens with one attached hydrogen (secondary N) is 1. The van der Waals surface area contributed by atoms with E-state index < -0.39 is 6.10 Å². The maximum atomic E-state index is 12.6. The first kappa shape index (κ1) is 21.2. The molecule has 0 spiro atoms. The largest absolute Gasteiger partial charge is 0.481 e. The minimum Gasteiger partial charge on any atom is -0.481 e. The number of nitrogens with zero attached hydrogens (tertiary/aromatic N) is 1. The van der Waals surface area contributed by atoms with Crippen LogP contribution in [0.2, 0.25) is 0 Å². The van der Waals surface area contributed by atoms with Gasteiger partial charge in [-0.05, 0) is 87.4 Å². The minimum absolute atomic E-state index is 0.0675. The van der Waals surface area contributed by atoms with Crippen molar-refractivity contribution >= 4 is 11.6 Å². The summed E-state index contributed by atoms with van der Waals surface area (Å²) in [5.74, 6) is 1.38. The van der Waals surface area contributed by atoms with Crippen LogP contribution in [0.25, 0.3) is 0 Å². The number of aryl methyl sites for hydroxylation is 2. The first-order valence-corrected chi connectivity index (χ1v) is 10.7. The molecule has 1 N–H and O–H groups in total. The molecule has 1 amide bonds. The van der Waals surface area contributed by atoms with E-state index in [1.165, 1.54) is 18.5 Å². The third kappa shape index (κ3) is 5.75. The summed E-state index contributed by atoms with van der Waals surface area (Å²) in [5, 5.41) is 3.07. The quantitative estimate of drug-likeness (QED) is 0.733. The van der Waals surface area contributed by atoms with Crippen LogP contribution >= 0.6 is 0 Å². The van der Waals surface area contributed by atoms with E-state index in [4.69, 9.17) is 4.74 Å². The van der Waals surface area contributed by atoms with Crippen LogP contribution in [0.15, 0.2) is 42.5 Å². The molecule has 156 valence electrons. The third-order valence-corrected chi connectivity index (χ3v) is 5.65. The van der Waals surface area contributed by atoms with E-state index in [1.54, 1.807) is 6.92 Å². The van der Waals surface area contributed by atoms with Gasteiger partial charge in [0, 0.05) is 18.8 Å². The van der Waals surface area contributed by atoms with Crippen molar-refractivity contribution in [2.45, 2.75) is 59.6 Å². The van der Waals surface area contributed by atoms with Crippen molar-refractivity contribution < 1.29 is 9.53 Å². The first-order chi connectivity index (χ1) is 13.8. The minimum atomic E-state index is -0.548. The predicted octanol–water partition coefficient (Wildman–Crippen LogP) is 5.18. The third-order valence-electron chi connectivity index (χ3n) is 5.65. The fraction of sp³-hybridized carbons (Fsp3) is 0.480. The number of piperidine rings is 1. The zero-order valence-corrected chi connectivity index (χ0v) is 18.4. The topological polar surface area (TPSA) is 41.6 Å². The number of benzene rings is 2. The van der Waals surface area contributed by atoms with Crippen LogP contribution in [0.3, 0.4) is 0 Å². The molecule has 0 aliphatic carbocycles. The molecular weight excluding hydrogens is 360 g/mol. The Kier molecular flexibility index (Phi) is 6.83. The maximum absolute atomic E-state index is 12.6. The van der Waals surface area contributed by atoms with Crippen molar-refractivity contribution in [3.8, 4) is 5.75 Å². The number of amides is 1. The molecule has 3 rings (SSSR count). The highest BCUT2D eigenvalue weighted by molar-refractivity contribution is 5.81. The second-order valence-electron chi connectivity index (χ2n) is 8.60. The van der Waals surface area contributed by atoms with Crippen LogP contribution in [0, 0.1) is 19.8 Å². The SMILES string of the molecule is Cc1cc(C)cc(O[C@H](C)C(=O)N[C@H](C)c2ccc(N3CCC[C@H](C)C3)cc2)c1. The Labute approximate surface area is 175 Å². The molecule has 3 atom stereocenters. The Morgan fingerprint density at radius 2 is 1.76 bits per heavy atom. The van der Waals surface area contributed by atoms with Crippen LogP contribution in [-0.4, -0.2) is 25.1 Å². The zero-order chi connectivity index (χ0) is 21.0. The molecule has 0 radical (unpaired) electrons. The standard InChI is InChI=1S/C25H34N2O2/c1-17-7-6-12-27(16-17)23-10-8-22(9-11-23)20(4)26-25(28)21(5)29-24-14-18(2)13-19(3)15-24/h8-11,13-15,17,20-21H,6-7,12,16H2,1-5H3,(H,26,28)/t17-,20+,21+/m0/s1. The molecule has 2 aromatic carbocycles. The van der Waals surface area contributed by atoms with Crippen molar-refractivity contribution in [1.82, 2.24) is 5.32 Å². The van der Waals surface area contributed by atoms with Gasteiger partial charge in [0.25, 0.3) is 5.91 Å². The molecule has 1 fully saturated rings. The Morgan fingerprint density at radius 3 is 2.38 bits per heavy atom. The zero-order valence-electron chi connectivity index (χ0n) is 18.4. The van der Waals surface area contributed by atoms with Crippen molar-refractivity contribution in [2.24, 2.45) is 5.92 Å². The number of carbonyl (C=O) groups excluding carboxylic acids is 1. The molecule has 0 unspecified atom stereocenters. The summed E-state index contributed by atoms with van der Waals surface area (Å²) in [4.78, 5) is 15.1. The number of carbonyl (C=O) groups is 1. The number of hydrogen-bond acceptors (Lipinski definition) is 3. The number of anilines is 1. The molecule has 0 saturated carbocycles. The van der Waals surface area contributed by atoms with E-state index >= 15 is 0 Å². The molecular formula is C25H34N2O2. The van der Waals surface area contributed by atoms with Crippen LogP contribution in [0.1, 0.15) is 56.3 Å². The second kappa shape index (κ2) is 9.34. The molecule has 4 heteroatoms. The van der Waals surface area contributed by atoms with Gasteiger partial charge in [0.2, 0.25) is 0 Å². The summed E-state index contributed by atoms with van der Waals surface area (Å²) >= 11 is 0. The summed E-state index contributed by atoms with van der Waals surface area (Å²) in [7, 11) is 0. The summed E-state index contributed by atoms with van der Waals surface area (Å²) in [6.07, 6.45) is 2.03. The van der Waals surface area contributed by atoms with Crippen molar-refractivity contribution in [2.75, 3.05) is 18.0 Å². The van der Waals surface area contributed by atoms with Gasteiger partial charge >= 0.3 is 0 Å². The lowest BCUT2D eigenvalue weighted by Gasteiger charge is -2.33. The fourth-order valence-electron chi connectivity index (χ4n) is 4.07. The highest BCUT2D eigenvalue weighted by Gasteiger charge is 2.19. The van der Waals surface area contributed by atoms with Crippen LogP contribution in [0.4, 0.5) is 5.69 Å². The van der Waals surface area contributed by atoms with Crippen LogP contribution in [-0.2, 0) is 4.79 Å². The normalized spacial score (nSPS) is 18.8. The molecule has 1 saturated heterocycles. The van der Waals surface area contributed by atoms with E-state index in [0.29, 0.717) is 0 Å². The molecule has 0 bridgehead atoms. The van der Waals surface area contributed by atoms with Crippen molar-refractivity contribution in [1.29, 1.82) is 0 Å². The second-order valence-corrected chi connectivity index (χ2v) is 8.60. The Balaban J connectivity index is 1.57. The van der Waals surface area contributed by atoms with E-state index in [0.717, 1.165) is 41.4 Å². The van der Waals surface area contributed by atoms with Crippen LogP contribution < -0.4 is 15.0 Å². The monoisotopic (exact) mass is 394 g/mol. The summed E-state index contributed by atoms with van der Waals surface area (Å²) in [5.41, 5.74) is 4.63. The van der Waals surface area contributed by atoms with Crippen LogP contribution in [0.5, 0.6) is 5.75 Å². The Morgan fingerprint density at radius 1 is 1.10 bits per heavy atom. The van der Waals surface area contributed by atoms with Gasteiger partial charge < -0.3 is 15.0 Å². The molecule has 0 aromatic heterocycles. The van der Waals surface area contributed by atoms with Crippen molar-refractivity contribution in [3.05, 3.63) is 59.2 Å². The lowest BCUT2D eigenvalue weighted by atomic mass is 9.99.